The Kier molecular flexibility index (Phi) is 4.54. The lowest BCUT2D eigenvalue weighted by Gasteiger charge is -2.20. The van der Waals surface area contributed by atoms with Crippen LogP contribution in [0.3, 0.4) is 0 Å². The largest absolute Gasteiger partial charge is 0.352 e. The van der Waals surface area contributed by atoms with E-state index < -0.39 is 0 Å². The SMILES string of the molecule is CC(C)C(C)NC(=O)CN1CC[C@H](N)C1. The third kappa shape index (κ3) is 4.18. The highest BCUT2D eigenvalue weighted by atomic mass is 16.2. The monoisotopic (exact) mass is 213 g/mol. The average Bonchev–Trinajstić information content (AvgIpc) is 2.50. The molecule has 0 aliphatic carbocycles. The zero-order valence-electron chi connectivity index (χ0n) is 9.99. The molecule has 1 heterocycles. The van der Waals surface area contributed by atoms with Crippen LogP contribution < -0.4 is 11.1 Å². The molecule has 0 radical (unpaired) electrons. The van der Waals surface area contributed by atoms with E-state index in [1.54, 1.807) is 0 Å². The summed E-state index contributed by atoms with van der Waals surface area (Å²) in [7, 11) is 0. The summed E-state index contributed by atoms with van der Waals surface area (Å²) in [6.45, 7) is 8.55. The van der Waals surface area contributed by atoms with E-state index in [4.69, 9.17) is 5.73 Å². The van der Waals surface area contributed by atoms with Crippen LogP contribution in [0.15, 0.2) is 0 Å². The summed E-state index contributed by atoms with van der Waals surface area (Å²) in [4.78, 5) is 13.7. The number of nitrogens with one attached hydrogen (secondary N) is 1. The van der Waals surface area contributed by atoms with Crippen LogP contribution >= 0.6 is 0 Å². The van der Waals surface area contributed by atoms with Crippen molar-refractivity contribution < 1.29 is 4.79 Å². The summed E-state index contributed by atoms with van der Waals surface area (Å²) in [5.74, 6) is 0.597. The van der Waals surface area contributed by atoms with Crippen LogP contribution in [-0.2, 0) is 4.79 Å². The van der Waals surface area contributed by atoms with Crippen LogP contribution in [0.5, 0.6) is 0 Å². The van der Waals surface area contributed by atoms with E-state index in [1.807, 2.05) is 6.92 Å². The number of carbonyl (C=O) groups is 1. The highest BCUT2D eigenvalue weighted by molar-refractivity contribution is 5.78. The number of hydrogen-bond donors (Lipinski definition) is 2. The fraction of sp³-hybridized carbons (Fsp3) is 0.909. The Hall–Kier alpha value is -0.610. The zero-order chi connectivity index (χ0) is 11.4. The van der Waals surface area contributed by atoms with Gasteiger partial charge >= 0.3 is 0 Å². The Labute approximate surface area is 92.2 Å². The van der Waals surface area contributed by atoms with Crippen molar-refractivity contribution in [3.05, 3.63) is 0 Å². The zero-order valence-corrected chi connectivity index (χ0v) is 9.99. The summed E-state index contributed by atoms with van der Waals surface area (Å²) in [5, 5.41) is 3.00. The van der Waals surface area contributed by atoms with E-state index in [0.717, 1.165) is 19.5 Å². The van der Waals surface area contributed by atoms with Gasteiger partial charge in [-0.05, 0) is 19.3 Å². The van der Waals surface area contributed by atoms with Gasteiger partial charge in [-0.25, -0.2) is 0 Å². The van der Waals surface area contributed by atoms with Crippen LogP contribution in [0.25, 0.3) is 0 Å². The molecule has 3 N–H and O–H groups in total. The molecule has 1 rings (SSSR count). The van der Waals surface area contributed by atoms with Gasteiger partial charge in [0.15, 0.2) is 0 Å². The van der Waals surface area contributed by atoms with E-state index in [9.17, 15) is 4.79 Å². The maximum atomic E-state index is 11.6. The minimum Gasteiger partial charge on any atom is -0.352 e. The predicted molar refractivity (Wildman–Crippen MR) is 61.5 cm³/mol. The highest BCUT2D eigenvalue weighted by Crippen LogP contribution is 2.06. The quantitative estimate of drug-likeness (QED) is 0.700. The predicted octanol–water partition coefficient (Wildman–Crippen LogP) is 0.180. The molecule has 0 spiro atoms. The molecule has 0 aromatic heterocycles. The van der Waals surface area contributed by atoms with Crippen LogP contribution in [-0.4, -0.2) is 42.5 Å². The minimum atomic E-state index is 0.116. The van der Waals surface area contributed by atoms with Gasteiger partial charge in [0, 0.05) is 25.2 Å². The van der Waals surface area contributed by atoms with Gasteiger partial charge in [0.25, 0.3) is 0 Å². The molecule has 1 fully saturated rings. The Morgan fingerprint density at radius 1 is 1.53 bits per heavy atom. The first-order chi connectivity index (χ1) is 6.99. The van der Waals surface area contributed by atoms with Gasteiger partial charge in [-0.3, -0.25) is 9.69 Å². The Balaban J connectivity index is 2.24. The molecule has 1 amide bonds. The summed E-state index contributed by atoms with van der Waals surface area (Å²) in [6, 6.07) is 0.495. The number of nitrogens with zero attached hydrogens (tertiary/aromatic N) is 1. The first kappa shape index (κ1) is 12.5. The molecule has 0 aromatic carbocycles. The van der Waals surface area contributed by atoms with Gasteiger partial charge in [-0.1, -0.05) is 13.8 Å². The van der Waals surface area contributed by atoms with E-state index >= 15 is 0 Å². The van der Waals surface area contributed by atoms with Crippen LogP contribution in [0, 0.1) is 5.92 Å². The highest BCUT2D eigenvalue weighted by Gasteiger charge is 2.21. The van der Waals surface area contributed by atoms with Crippen molar-refractivity contribution in [2.75, 3.05) is 19.6 Å². The maximum Gasteiger partial charge on any atom is 0.234 e. The third-order valence-electron chi connectivity index (χ3n) is 3.06. The number of nitrogens with two attached hydrogens (primary N) is 1. The Bertz CT molecular complexity index is 218. The normalized spacial score (nSPS) is 24.5. The van der Waals surface area contributed by atoms with E-state index in [2.05, 4.69) is 24.1 Å². The van der Waals surface area contributed by atoms with Crippen molar-refractivity contribution in [1.82, 2.24) is 10.2 Å². The van der Waals surface area contributed by atoms with Crippen molar-refractivity contribution >= 4 is 5.91 Å². The lowest BCUT2D eigenvalue weighted by atomic mass is 10.1. The number of rotatable bonds is 4. The molecule has 4 heteroatoms. The molecule has 1 aliphatic rings. The molecule has 0 bridgehead atoms. The summed E-state index contributed by atoms with van der Waals surface area (Å²) in [5.41, 5.74) is 5.78. The number of hydrogen-bond acceptors (Lipinski definition) is 3. The first-order valence-corrected chi connectivity index (χ1v) is 5.76. The molecular weight excluding hydrogens is 190 g/mol. The van der Waals surface area contributed by atoms with E-state index in [0.29, 0.717) is 12.5 Å². The molecule has 0 aromatic rings. The molecule has 2 atom stereocenters. The molecular formula is C11H23N3O. The van der Waals surface area contributed by atoms with Gasteiger partial charge in [0.2, 0.25) is 5.91 Å². The van der Waals surface area contributed by atoms with Crippen LogP contribution in [0.1, 0.15) is 27.2 Å². The summed E-state index contributed by atoms with van der Waals surface area (Å²) in [6.07, 6.45) is 1.01. The third-order valence-corrected chi connectivity index (χ3v) is 3.06. The lowest BCUT2D eigenvalue weighted by molar-refractivity contribution is -0.122. The van der Waals surface area contributed by atoms with E-state index in [-0.39, 0.29) is 18.0 Å². The molecule has 1 saturated heterocycles. The molecule has 15 heavy (non-hydrogen) atoms. The van der Waals surface area contributed by atoms with Crippen LogP contribution in [0.2, 0.25) is 0 Å². The van der Waals surface area contributed by atoms with Crippen LogP contribution in [0.4, 0.5) is 0 Å². The van der Waals surface area contributed by atoms with E-state index in [1.165, 1.54) is 0 Å². The fourth-order valence-corrected chi connectivity index (χ4v) is 1.68. The van der Waals surface area contributed by atoms with Crippen molar-refractivity contribution in [3.8, 4) is 0 Å². The van der Waals surface area contributed by atoms with Crippen molar-refractivity contribution in [2.45, 2.75) is 39.3 Å². The second-order valence-corrected chi connectivity index (χ2v) is 4.88. The fourth-order valence-electron chi connectivity index (χ4n) is 1.68. The molecule has 1 aliphatic heterocycles. The van der Waals surface area contributed by atoms with Crippen molar-refractivity contribution in [1.29, 1.82) is 0 Å². The number of likely N-dealkylation sites (tertiary alicyclic amines) is 1. The van der Waals surface area contributed by atoms with Crippen molar-refractivity contribution in [2.24, 2.45) is 11.7 Å². The number of amides is 1. The molecule has 0 saturated carbocycles. The summed E-state index contributed by atoms with van der Waals surface area (Å²) >= 11 is 0. The topological polar surface area (TPSA) is 58.4 Å². The molecule has 4 nitrogen and oxygen atoms in total. The lowest BCUT2D eigenvalue weighted by Crippen LogP contribution is -2.42. The standard InChI is InChI=1S/C11H23N3O/c1-8(2)9(3)13-11(15)7-14-5-4-10(12)6-14/h8-10H,4-7,12H2,1-3H3,(H,13,15)/t9?,10-/m0/s1. The number of carbonyl (C=O) groups excluding carboxylic acids is 1. The summed E-state index contributed by atoms with van der Waals surface area (Å²) < 4.78 is 0. The Morgan fingerprint density at radius 2 is 2.20 bits per heavy atom. The van der Waals surface area contributed by atoms with Gasteiger partial charge < -0.3 is 11.1 Å². The van der Waals surface area contributed by atoms with Gasteiger partial charge in [-0.2, -0.15) is 0 Å². The minimum absolute atomic E-state index is 0.116. The smallest absolute Gasteiger partial charge is 0.234 e. The molecule has 1 unspecified atom stereocenters. The Morgan fingerprint density at radius 3 is 2.67 bits per heavy atom. The second kappa shape index (κ2) is 5.47. The second-order valence-electron chi connectivity index (χ2n) is 4.88. The average molecular weight is 213 g/mol. The van der Waals surface area contributed by atoms with Gasteiger partial charge in [0.1, 0.15) is 0 Å². The van der Waals surface area contributed by atoms with Crippen molar-refractivity contribution in [3.63, 3.8) is 0 Å². The molecule has 88 valence electrons. The maximum absolute atomic E-state index is 11.6. The first-order valence-electron chi connectivity index (χ1n) is 5.76. The van der Waals surface area contributed by atoms with Gasteiger partial charge in [-0.15, -0.1) is 0 Å². The van der Waals surface area contributed by atoms with Gasteiger partial charge in [0.05, 0.1) is 6.54 Å².